The summed E-state index contributed by atoms with van der Waals surface area (Å²) in [5, 5.41) is 11.3. The molecule has 1 amide bonds. The first-order chi connectivity index (χ1) is 12.1. The van der Waals surface area contributed by atoms with Crippen molar-refractivity contribution in [3.05, 3.63) is 22.8 Å². The van der Waals surface area contributed by atoms with Gasteiger partial charge in [-0.1, -0.05) is 5.16 Å². The highest BCUT2D eigenvalue weighted by atomic mass is 16.5. The number of likely N-dealkylation sites (tertiary alicyclic amines) is 1. The molecule has 25 heavy (non-hydrogen) atoms. The summed E-state index contributed by atoms with van der Waals surface area (Å²) in [6.45, 7) is 1.42. The van der Waals surface area contributed by atoms with Crippen molar-refractivity contribution in [2.45, 2.75) is 44.4 Å². The largest absolute Gasteiger partial charge is 0.360 e. The molecule has 1 saturated heterocycles. The van der Waals surface area contributed by atoms with E-state index in [1.807, 2.05) is 23.9 Å². The number of anilines is 1. The molecular formula is C17H24N6O2. The number of aryl methyl sites for hydroxylation is 1. The van der Waals surface area contributed by atoms with Crippen LogP contribution < -0.4 is 4.90 Å². The zero-order valence-electron chi connectivity index (χ0n) is 14.8. The third-order valence-corrected chi connectivity index (χ3v) is 5.21. The maximum Gasteiger partial charge on any atom is 0.276 e. The molecule has 0 atom stereocenters. The zero-order chi connectivity index (χ0) is 17.4. The Balaban J connectivity index is 1.41. The summed E-state index contributed by atoms with van der Waals surface area (Å²) in [7, 11) is 3.85. The third-order valence-electron chi connectivity index (χ3n) is 5.21. The average molecular weight is 344 g/mol. The van der Waals surface area contributed by atoms with Gasteiger partial charge in [0.25, 0.3) is 5.91 Å². The van der Waals surface area contributed by atoms with Gasteiger partial charge in [-0.3, -0.25) is 9.89 Å². The SMILES string of the molecule is CN(C)c1n[nH]c(C2CCN(C(=O)c3noc4c3CCCC4)CC2)n1. The number of hydrogen-bond acceptors (Lipinski definition) is 6. The van der Waals surface area contributed by atoms with Crippen LogP contribution in [0.1, 0.15) is 59.2 Å². The van der Waals surface area contributed by atoms with Crippen LogP contribution in [0.15, 0.2) is 4.52 Å². The number of aromatic amines is 1. The second kappa shape index (κ2) is 6.50. The predicted octanol–water partition coefficient (Wildman–Crippen LogP) is 1.76. The number of nitrogens with one attached hydrogen (secondary N) is 1. The number of hydrogen-bond donors (Lipinski definition) is 1. The van der Waals surface area contributed by atoms with Crippen molar-refractivity contribution in [2.75, 3.05) is 32.1 Å². The molecule has 1 aliphatic heterocycles. The van der Waals surface area contributed by atoms with E-state index in [2.05, 4.69) is 20.3 Å². The second-order valence-electron chi connectivity index (χ2n) is 7.12. The number of nitrogens with zero attached hydrogens (tertiary/aromatic N) is 5. The first-order valence-electron chi connectivity index (χ1n) is 9.00. The molecule has 0 spiro atoms. The standard InChI is InChI=1S/C17H24N6O2/c1-22(2)17-18-15(19-20-17)11-7-9-23(10-8-11)16(24)14-12-5-3-4-6-13(12)25-21-14/h11H,3-10H2,1-2H3,(H,18,19,20). The van der Waals surface area contributed by atoms with Gasteiger partial charge >= 0.3 is 0 Å². The van der Waals surface area contributed by atoms with Crippen molar-refractivity contribution in [1.82, 2.24) is 25.2 Å². The molecule has 2 aromatic heterocycles. The quantitative estimate of drug-likeness (QED) is 0.912. The van der Waals surface area contributed by atoms with E-state index in [1.165, 1.54) is 0 Å². The van der Waals surface area contributed by atoms with E-state index in [0.717, 1.165) is 55.7 Å². The molecule has 1 fully saturated rings. The van der Waals surface area contributed by atoms with Crippen LogP contribution >= 0.6 is 0 Å². The summed E-state index contributed by atoms with van der Waals surface area (Å²) in [4.78, 5) is 21.1. The Morgan fingerprint density at radius 3 is 2.72 bits per heavy atom. The van der Waals surface area contributed by atoms with Crippen LogP contribution in [0.2, 0.25) is 0 Å². The fourth-order valence-electron chi connectivity index (χ4n) is 3.71. The Bertz CT molecular complexity index is 757. The minimum Gasteiger partial charge on any atom is -0.360 e. The van der Waals surface area contributed by atoms with Crippen molar-refractivity contribution in [1.29, 1.82) is 0 Å². The van der Waals surface area contributed by atoms with Crippen LogP contribution in [0.25, 0.3) is 0 Å². The summed E-state index contributed by atoms with van der Waals surface area (Å²) in [5.74, 6) is 2.84. The highest BCUT2D eigenvalue weighted by molar-refractivity contribution is 5.94. The Kier molecular flexibility index (Phi) is 4.19. The lowest BCUT2D eigenvalue weighted by molar-refractivity contribution is 0.0699. The Morgan fingerprint density at radius 2 is 2.00 bits per heavy atom. The lowest BCUT2D eigenvalue weighted by atomic mass is 9.94. The van der Waals surface area contributed by atoms with Crippen molar-refractivity contribution < 1.29 is 9.32 Å². The van der Waals surface area contributed by atoms with Crippen molar-refractivity contribution in [3.8, 4) is 0 Å². The van der Waals surface area contributed by atoms with Gasteiger partial charge < -0.3 is 14.3 Å². The third kappa shape index (κ3) is 3.01. The molecule has 0 radical (unpaired) electrons. The molecule has 1 aliphatic carbocycles. The zero-order valence-corrected chi connectivity index (χ0v) is 14.8. The van der Waals surface area contributed by atoms with Gasteiger partial charge in [0.05, 0.1) is 0 Å². The van der Waals surface area contributed by atoms with Gasteiger partial charge in [0.1, 0.15) is 11.6 Å². The minimum absolute atomic E-state index is 0.0110. The van der Waals surface area contributed by atoms with Crippen LogP contribution in [-0.2, 0) is 12.8 Å². The van der Waals surface area contributed by atoms with Crippen molar-refractivity contribution >= 4 is 11.9 Å². The first-order valence-corrected chi connectivity index (χ1v) is 9.00. The van der Waals surface area contributed by atoms with Gasteiger partial charge in [-0.25, -0.2) is 0 Å². The summed E-state index contributed by atoms with van der Waals surface area (Å²) in [6.07, 6.45) is 5.80. The molecule has 1 N–H and O–H groups in total. The fourth-order valence-corrected chi connectivity index (χ4v) is 3.71. The van der Waals surface area contributed by atoms with Crippen LogP contribution in [0.3, 0.4) is 0 Å². The molecule has 0 aromatic carbocycles. The van der Waals surface area contributed by atoms with E-state index in [4.69, 9.17) is 4.52 Å². The molecule has 134 valence electrons. The summed E-state index contributed by atoms with van der Waals surface area (Å²) in [6, 6.07) is 0. The van der Waals surface area contributed by atoms with E-state index >= 15 is 0 Å². The monoisotopic (exact) mass is 344 g/mol. The molecule has 0 saturated carbocycles. The minimum atomic E-state index is 0.0110. The highest BCUT2D eigenvalue weighted by Gasteiger charge is 2.31. The summed E-state index contributed by atoms with van der Waals surface area (Å²) >= 11 is 0. The van der Waals surface area contributed by atoms with Gasteiger partial charge in [-0.05, 0) is 32.1 Å². The topological polar surface area (TPSA) is 91.2 Å². The fraction of sp³-hybridized carbons (Fsp3) is 0.647. The molecule has 8 nitrogen and oxygen atoms in total. The van der Waals surface area contributed by atoms with E-state index in [-0.39, 0.29) is 5.91 Å². The van der Waals surface area contributed by atoms with E-state index in [9.17, 15) is 4.79 Å². The molecule has 8 heteroatoms. The number of carbonyl (C=O) groups is 1. The first kappa shape index (κ1) is 16.1. The van der Waals surface area contributed by atoms with Crippen LogP contribution in [-0.4, -0.2) is 58.3 Å². The van der Waals surface area contributed by atoms with Gasteiger partial charge in [-0.2, -0.15) is 4.98 Å². The van der Waals surface area contributed by atoms with E-state index in [1.54, 1.807) is 0 Å². The van der Waals surface area contributed by atoms with Gasteiger partial charge in [0.2, 0.25) is 5.95 Å². The van der Waals surface area contributed by atoms with Gasteiger partial charge in [0.15, 0.2) is 5.69 Å². The number of H-pyrrole nitrogens is 1. The summed E-state index contributed by atoms with van der Waals surface area (Å²) < 4.78 is 5.39. The molecule has 2 aromatic rings. The van der Waals surface area contributed by atoms with Crippen LogP contribution in [0, 0.1) is 0 Å². The lowest BCUT2D eigenvalue weighted by Crippen LogP contribution is -2.38. The maximum absolute atomic E-state index is 12.8. The smallest absolute Gasteiger partial charge is 0.276 e. The Labute approximate surface area is 146 Å². The normalized spacial score (nSPS) is 18.2. The van der Waals surface area contributed by atoms with E-state index in [0.29, 0.717) is 30.6 Å². The van der Waals surface area contributed by atoms with Crippen molar-refractivity contribution in [2.24, 2.45) is 0 Å². The second-order valence-corrected chi connectivity index (χ2v) is 7.12. The average Bonchev–Trinajstić information content (AvgIpc) is 3.29. The molecule has 2 aliphatic rings. The van der Waals surface area contributed by atoms with Crippen LogP contribution in [0.4, 0.5) is 5.95 Å². The Morgan fingerprint density at radius 1 is 1.24 bits per heavy atom. The number of carbonyl (C=O) groups excluding carboxylic acids is 1. The number of piperidine rings is 1. The highest BCUT2D eigenvalue weighted by Crippen LogP contribution is 2.29. The summed E-state index contributed by atoms with van der Waals surface area (Å²) in [5.41, 5.74) is 1.56. The Hall–Kier alpha value is -2.38. The molecule has 3 heterocycles. The predicted molar refractivity (Wildman–Crippen MR) is 91.7 cm³/mol. The van der Waals surface area contributed by atoms with Crippen LogP contribution in [0.5, 0.6) is 0 Å². The van der Waals surface area contributed by atoms with Gasteiger partial charge in [-0.15, -0.1) is 5.10 Å². The van der Waals surface area contributed by atoms with E-state index < -0.39 is 0 Å². The van der Waals surface area contributed by atoms with Crippen molar-refractivity contribution in [3.63, 3.8) is 0 Å². The number of aromatic nitrogens is 4. The molecule has 0 bridgehead atoms. The molecular weight excluding hydrogens is 320 g/mol. The molecule has 4 rings (SSSR count). The lowest BCUT2D eigenvalue weighted by Gasteiger charge is -2.30. The number of fused-ring (bicyclic) bond motifs is 1. The number of amides is 1. The maximum atomic E-state index is 12.8. The number of rotatable bonds is 3. The van der Waals surface area contributed by atoms with Gasteiger partial charge in [0, 0.05) is 45.1 Å². The molecule has 0 unspecified atom stereocenters.